The number of urea groups is 1. The SMILES string of the molecule is COCCOCCOCCOCCOCCOCCOCCOCCOCCOCCOCCOCCC(=O)NCCCCCC(=O)NCC(=O)NC(CC(=O)O)C(=O)NCN1C(=O)CCN(c2cc(I)ccc2OC)C1=O. The van der Waals surface area contributed by atoms with Crippen LogP contribution in [0.25, 0.3) is 0 Å². The van der Waals surface area contributed by atoms with Crippen molar-refractivity contribution in [3.05, 3.63) is 21.8 Å². The van der Waals surface area contributed by atoms with Gasteiger partial charge in [-0.3, -0.25) is 33.7 Å². The molecule has 1 saturated heterocycles. The van der Waals surface area contributed by atoms with Gasteiger partial charge in [-0.05, 0) is 53.6 Å². The lowest BCUT2D eigenvalue weighted by atomic mass is 10.2. The van der Waals surface area contributed by atoms with E-state index in [2.05, 4.69) is 43.9 Å². The summed E-state index contributed by atoms with van der Waals surface area (Å²) < 4.78 is 71.1. The monoisotopic (exact) mass is 1230 g/mol. The zero-order valence-corrected chi connectivity index (χ0v) is 47.4. The van der Waals surface area contributed by atoms with Gasteiger partial charge in [0.1, 0.15) is 18.5 Å². The molecule has 1 unspecified atom stereocenters. The summed E-state index contributed by atoms with van der Waals surface area (Å²) in [4.78, 5) is 89.7. The number of hydrogen-bond donors (Lipinski definition) is 5. The molecule has 0 bridgehead atoms. The van der Waals surface area contributed by atoms with E-state index in [0.29, 0.717) is 183 Å². The van der Waals surface area contributed by atoms with Gasteiger partial charge in [0.15, 0.2) is 0 Å². The maximum Gasteiger partial charge on any atom is 0.332 e. The van der Waals surface area contributed by atoms with E-state index in [9.17, 15) is 38.7 Å². The van der Waals surface area contributed by atoms with Gasteiger partial charge in [-0.15, -0.1) is 0 Å². The first-order valence-electron chi connectivity index (χ1n) is 26.1. The van der Waals surface area contributed by atoms with Crippen LogP contribution in [0.4, 0.5) is 10.5 Å². The normalized spacial score (nSPS) is 12.9. The maximum absolute atomic E-state index is 13.3. The second-order valence-electron chi connectivity index (χ2n) is 16.7. The Morgan fingerprint density at radius 3 is 1.50 bits per heavy atom. The number of amides is 7. The van der Waals surface area contributed by atoms with E-state index in [1.165, 1.54) is 12.0 Å². The number of rotatable bonds is 52. The molecule has 1 aromatic carbocycles. The van der Waals surface area contributed by atoms with Crippen molar-refractivity contribution in [2.75, 3.05) is 197 Å². The molecule has 5 N–H and O–H groups in total. The van der Waals surface area contributed by atoms with Gasteiger partial charge in [0.25, 0.3) is 0 Å². The number of unbranched alkanes of at least 4 members (excludes halogenated alkanes) is 2. The minimum absolute atomic E-state index is 0.0468. The fourth-order valence-corrected chi connectivity index (χ4v) is 7.11. The third kappa shape index (κ3) is 35.9. The Labute approximate surface area is 470 Å². The molecule has 28 heteroatoms. The highest BCUT2D eigenvalue weighted by Gasteiger charge is 2.35. The molecule has 78 heavy (non-hydrogen) atoms. The largest absolute Gasteiger partial charge is 0.495 e. The Morgan fingerprint density at radius 1 is 0.577 bits per heavy atom. The van der Waals surface area contributed by atoms with Gasteiger partial charge >= 0.3 is 12.0 Å². The number of aliphatic carboxylic acids is 1. The van der Waals surface area contributed by atoms with Crippen LogP contribution in [-0.4, -0.2) is 250 Å². The van der Waals surface area contributed by atoms with Gasteiger partial charge in [0.2, 0.25) is 29.5 Å². The number of carbonyl (C=O) groups excluding carboxylic acids is 6. The van der Waals surface area contributed by atoms with Crippen molar-refractivity contribution in [3.8, 4) is 5.75 Å². The summed E-state index contributed by atoms with van der Waals surface area (Å²) in [5.41, 5.74) is 0.432. The number of benzene rings is 1. The number of imide groups is 1. The molecule has 0 aliphatic carbocycles. The van der Waals surface area contributed by atoms with Gasteiger partial charge in [-0.2, -0.15) is 0 Å². The van der Waals surface area contributed by atoms with Crippen LogP contribution in [0.2, 0.25) is 0 Å². The zero-order chi connectivity index (χ0) is 56.7. The molecule has 2 rings (SSSR count). The molecular formula is C50H83IN6O21. The number of halogens is 1. The van der Waals surface area contributed by atoms with Crippen molar-refractivity contribution in [1.29, 1.82) is 0 Å². The number of ether oxygens (including phenoxy) is 13. The highest BCUT2D eigenvalue weighted by molar-refractivity contribution is 14.1. The Bertz CT molecular complexity index is 1830. The second kappa shape index (κ2) is 47.4. The Kier molecular flexibility index (Phi) is 42.3. The first-order chi connectivity index (χ1) is 38.0. The molecule has 0 saturated carbocycles. The molecule has 1 aliphatic rings. The number of nitrogens with one attached hydrogen (secondary N) is 4. The van der Waals surface area contributed by atoms with Crippen molar-refractivity contribution in [2.45, 2.75) is 51.0 Å². The molecule has 1 atom stereocenters. The minimum atomic E-state index is -1.56. The lowest BCUT2D eigenvalue weighted by Crippen LogP contribution is -2.58. The highest BCUT2D eigenvalue weighted by atomic mass is 127. The third-order valence-corrected chi connectivity index (χ3v) is 11.3. The van der Waals surface area contributed by atoms with Crippen LogP contribution in [0.5, 0.6) is 5.75 Å². The quantitative estimate of drug-likeness (QED) is 0.0438. The summed E-state index contributed by atoms with van der Waals surface area (Å²) in [7, 11) is 3.08. The topological polar surface area (TPSA) is 314 Å². The number of carboxylic acid groups (broad SMARTS) is 1. The molecule has 446 valence electrons. The first-order valence-corrected chi connectivity index (χ1v) is 27.2. The standard InChI is InChI=1S/C50H83IN6O21/c1-66-14-15-69-18-19-71-22-23-73-26-27-75-30-31-77-34-35-78-33-32-76-29-28-74-25-24-72-21-20-70-17-16-68-13-10-45(59)52-11-5-3-4-6-44(58)53-38-46(60)55-41(37-48(62)63)49(64)54-39-57-47(61)9-12-56(50(57)65)42-36-40(51)7-8-43(42)67-2/h7-8,36,41H,3-6,9-35,37-39H2,1-2H3,(H,52,59)(H,53,58)(H,54,64)(H,55,60)(H,62,63). The van der Waals surface area contributed by atoms with Gasteiger partial charge in [-0.25, -0.2) is 9.69 Å². The summed E-state index contributed by atoms with van der Waals surface area (Å²) in [5, 5.41) is 19.3. The predicted molar refractivity (Wildman–Crippen MR) is 287 cm³/mol. The number of hydrogen-bond acceptors (Lipinski definition) is 20. The Morgan fingerprint density at radius 2 is 1.04 bits per heavy atom. The molecule has 0 radical (unpaired) electrons. The molecule has 1 aliphatic heterocycles. The number of carboxylic acids is 1. The number of methoxy groups -OCH3 is 2. The fourth-order valence-electron chi connectivity index (χ4n) is 6.63. The van der Waals surface area contributed by atoms with Crippen LogP contribution >= 0.6 is 22.6 Å². The Hall–Kier alpha value is -4.44. The summed E-state index contributed by atoms with van der Waals surface area (Å²) in [5.74, 6) is -3.93. The molecule has 0 aromatic heterocycles. The number of anilines is 1. The van der Waals surface area contributed by atoms with E-state index >= 15 is 0 Å². The summed E-state index contributed by atoms with van der Waals surface area (Å²) in [6.07, 6.45) is 1.14. The molecule has 0 spiro atoms. The van der Waals surface area contributed by atoms with Crippen molar-refractivity contribution < 1.29 is 100 Å². The van der Waals surface area contributed by atoms with Gasteiger partial charge in [0, 0.05) is 43.0 Å². The second-order valence-corrected chi connectivity index (χ2v) is 17.9. The predicted octanol–water partition coefficient (Wildman–Crippen LogP) is 0.504. The van der Waals surface area contributed by atoms with Crippen molar-refractivity contribution in [3.63, 3.8) is 0 Å². The van der Waals surface area contributed by atoms with Crippen molar-refractivity contribution >= 4 is 69.8 Å². The first kappa shape index (κ1) is 69.7. The van der Waals surface area contributed by atoms with Crippen LogP contribution in [-0.2, 0) is 85.6 Å². The van der Waals surface area contributed by atoms with Crippen LogP contribution in [0.1, 0.15) is 44.9 Å². The summed E-state index contributed by atoms with van der Waals surface area (Å²) >= 11 is 2.07. The van der Waals surface area contributed by atoms with E-state index in [4.69, 9.17) is 61.6 Å². The molecule has 27 nitrogen and oxygen atoms in total. The molecular weight excluding hydrogens is 1150 g/mol. The van der Waals surface area contributed by atoms with E-state index in [0.717, 1.165) is 8.47 Å². The highest BCUT2D eigenvalue weighted by Crippen LogP contribution is 2.32. The minimum Gasteiger partial charge on any atom is -0.495 e. The van der Waals surface area contributed by atoms with Gasteiger partial charge in [-0.1, -0.05) is 6.42 Å². The van der Waals surface area contributed by atoms with Gasteiger partial charge in [0.05, 0.1) is 178 Å². The van der Waals surface area contributed by atoms with Crippen LogP contribution < -0.4 is 30.9 Å². The summed E-state index contributed by atoms with van der Waals surface area (Å²) in [6.45, 7) is 9.83. The van der Waals surface area contributed by atoms with Crippen molar-refractivity contribution in [2.24, 2.45) is 0 Å². The van der Waals surface area contributed by atoms with Crippen LogP contribution in [0.15, 0.2) is 18.2 Å². The fraction of sp³-hybridized carbons (Fsp3) is 0.740. The average molecular weight is 1230 g/mol. The third-order valence-electron chi connectivity index (χ3n) is 10.7. The Balaban J connectivity index is 1.34. The molecule has 7 amide bonds. The lowest BCUT2D eigenvalue weighted by molar-refractivity contribution is -0.141. The maximum atomic E-state index is 13.3. The molecule has 1 fully saturated rings. The van der Waals surface area contributed by atoms with E-state index in [1.54, 1.807) is 25.3 Å². The van der Waals surface area contributed by atoms with Crippen LogP contribution in [0.3, 0.4) is 0 Å². The number of carbonyl (C=O) groups is 7. The van der Waals surface area contributed by atoms with E-state index in [1.807, 2.05) is 0 Å². The zero-order valence-electron chi connectivity index (χ0n) is 45.2. The lowest BCUT2D eigenvalue weighted by Gasteiger charge is -2.35. The molecule has 1 heterocycles. The van der Waals surface area contributed by atoms with E-state index < -0.39 is 61.3 Å². The van der Waals surface area contributed by atoms with Crippen LogP contribution in [0, 0.1) is 3.57 Å². The smallest absolute Gasteiger partial charge is 0.332 e. The molecule has 1 aromatic rings. The average Bonchev–Trinajstić information content (AvgIpc) is 3.44. The van der Waals surface area contributed by atoms with E-state index in [-0.39, 0.29) is 38.3 Å². The van der Waals surface area contributed by atoms with Crippen molar-refractivity contribution in [1.82, 2.24) is 26.2 Å². The summed E-state index contributed by atoms with van der Waals surface area (Å²) in [6, 6.07) is 2.90. The van der Waals surface area contributed by atoms with Gasteiger partial charge < -0.3 is 88.0 Å². The number of nitrogens with zero attached hydrogens (tertiary/aromatic N) is 2.